The van der Waals surface area contributed by atoms with Crippen molar-refractivity contribution in [3.8, 4) is 11.8 Å². The molecule has 0 fully saturated rings. The van der Waals surface area contributed by atoms with Crippen LogP contribution in [0, 0.1) is 11.3 Å². The molecule has 2 heterocycles. The Morgan fingerprint density at radius 1 is 1.23 bits per heavy atom. The highest BCUT2D eigenvalue weighted by molar-refractivity contribution is 7.99. The summed E-state index contributed by atoms with van der Waals surface area (Å²) in [7, 11) is 0. The Labute approximate surface area is 214 Å². The molecular formula is C26H31N5O2S2. The Morgan fingerprint density at radius 3 is 2.71 bits per heavy atom. The standard InChI is InChI=1S/C26H31N5O2S2/c1-4-18-11-13-19(14-12-18)33-17(3)24-29-30-26(31(24)5-2)34-16-23(32)28-25-21(15-27)20-9-7-6-8-10-22(20)35-25/h11-14,17H,4-10,16H2,1-3H3,(H,28,32). The van der Waals surface area contributed by atoms with E-state index in [2.05, 4.69) is 40.6 Å². The number of ether oxygens (including phenoxy) is 1. The Hall–Kier alpha value is -2.83. The first-order valence-corrected chi connectivity index (χ1v) is 14.0. The van der Waals surface area contributed by atoms with Crippen LogP contribution >= 0.6 is 23.1 Å². The SMILES string of the molecule is CCc1ccc(OC(C)c2nnc(SCC(=O)Nc3sc4c(c3C#N)CCCCC4)n2CC)cc1. The molecule has 1 aromatic carbocycles. The minimum absolute atomic E-state index is 0.143. The van der Waals surface area contributed by atoms with E-state index in [1.165, 1.54) is 28.6 Å². The zero-order valence-electron chi connectivity index (χ0n) is 20.5. The number of nitrogens with one attached hydrogen (secondary N) is 1. The van der Waals surface area contributed by atoms with Gasteiger partial charge in [-0.25, -0.2) is 0 Å². The number of nitriles is 1. The summed E-state index contributed by atoms with van der Waals surface area (Å²) >= 11 is 2.90. The van der Waals surface area contributed by atoms with Crippen molar-refractivity contribution >= 4 is 34.0 Å². The predicted molar refractivity (Wildman–Crippen MR) is 140 cm³/mol. The number of thioether (sulfide) groups is 1. The van der Waals surface area contributed by atoms with Gasteiger partial charge in [-0.1, -0.05) is 37.2 Å². The summed E-state index contributed by atoms with van der Waals surface area (Å²) in [6.45, 7) is 6.77. The normalized spacial score (nSPS) is 14.0. The molecule has 7 nitrogen and oxygen atoms in total. The summed E-state index contributed by atoms with van der Waals surface area (Å²) in [4.78, 5) is 14.0. The average Bonchev–Trinajstić information content (AvgIpc) is 3.35. The summed E-state index contributed by atoms with van der Waals surface area (Å²) in [5.41, 5.74) is 3.03. The van der Waals surface area contributed by atoms with Crippen LogP contribution in [0.2, 0.25) is 0 Å². The lowest BCUT2D eigenvalue weighted by molar-refractivity contribution is -0.113. The molecule has 2 aromatic heterocycles. The Balaban J connectivity index is 1.39. The molecule has 9 heteroatoms. The van der Waals surface area contributed by atoms with Crippen LogP contribution in [0.4, 0.5) is 5.00 Å². The van der Waals surface area contributed by atoms with Crippen LogP contribution in [0.1, 0.15) is 73.5 Å². The molecule has 1 unspecified atom stereocenters. The fourth-order valence-corrected chi connectivity index (χ4v) is 6.37. The molecule has 35 heavy (non-hydrogen) atoms. The maximum absolute atomic E-state index is 12.8. The number of nitrogens with zero attached hydrogens (tertiary/aromatic N) is 4. The van der Waals surface area contributed by atoms with E-state index in [0.29, 0.717) is 22.3 Å². The molecule has 0 spiro atoms. The van der Waals surface area contributed by atoms with E-state index in [4.69, 9.17) is 4.74 Å². The van der Waals surface area contributed by atoms with Crippen molar-refractivity contribution in [3.63, 3.8) is 0 Å². The van der Waals surface area contributed by atoms with Gasteiger partial charge in [-0.15, -0.1) is 21.5 Å². The Bertz CT molecular complexity index is 1210. The topological polar surface area (TPSA) is 92.8 Å². The van der Waals surface area contributed by atoms with Crippen molar-refractivity contribution in [2.24, 2.45) is 0 Å². The lowest BCUT2D eigenvalue weighted by Gasteiger charge is -2.15. The molecule has 3 aromatic rings. The van der Waals surface area contributed by atoms with Crippen molar-refractivity contribution in [2.75, 3.05) is 11.1 Å². The fraction of sp³-hybridized carbons (Fsp3) is 0.462. The van der Waals surface area contributed by atoms with E-state index in [9.17, 15) is 10.1 Å². The maximum Gasteiger partial charge on any atom is 0.235 e. The van der Waals surface area contributed by atoms with Gasteiger partial charge in [0.25, 0.3) is 0 Å². The van der Waals surface area contributed by atoms with E-state index in [0.717, 1.165) is 49.2 Å². The number of aryl methyl sites for hydroxylation is 2. The number of fused-ring (bicyclic) bond motifs is 1. The summed E-state index contributed by atoms with van der Waals surface area (Å²) in [6, 6.07) is 10.4. The number of aromatic nitrogens is 3. The molecule has 1 amide bonds. The highest BCUT2D eigenvalue weighted by Crippen LogP contribution is 2.37. The number of anilines is 1. The highest BCUT2D eigenvalue weighted by Gasteiger charge is 2.22. The quantitative estimate of drug-likeness (QED) is 0.284. The highest BCUT2D eigenvalue weighted by atomic mass is 32.2. The minimum atomic E-state index is -0.280. The largest absolute Gasteiger partial charge is 0.483 e. The van der Waals surface area contributed by atoms with E-state index in [-0.39, 0.29) is 17.8 Å². The van der Waals surface area contributed by atoms with Crippen LogP contribution < -0.4 is 10.1 Å². The second-order valence-electron chi connectivity index (χ2n) is 8.56. The van der Waals surface area contributed by atoms with Gasteiger partial charge in [0, 0.05) is 11.4 Å². The van der Waals surface area contributed by atoms with E-state index in [1.807, 2.05) is 30.5 Å². The van der Waals surface area contributed by atoms with Crippen LogP contribution in [-0.2, 0) is 30.6 Å². The number of hydrogen-bond donors (Lipinski definition) is 1. The van der Waals surface area contributed by atoms with Gasteiger partial charge < -0.3 is 14.6 Å². The van der Waals surface area contributed by atoms with Crippen molar-refractivity contribution in [2.45, 2.75) is 77.1 Å². The summed E-state index contributed by atoms with van der Waals surface area (Å²) in [6.07, 6.45) is 6.05. The number of amides is 1. The molecule has 1 atom stereocenters. The van der Waals surface area contributed by atoms with Gasteiger partial charge in [-0.2, -0.15) is 5.26 Å². The number of rotatable bonds is 9. The second-order valence-corrected chi connectivity index (χ2v) is 10.6. The van der Waals surface area contributed by atoms with Crippen LogP contribution in [-0.4, -0.2) is 26.4 Å². The summed E-state index contributed by atoms with van der Waals surface area (Å²) < 4.78 is 8.08. The van der Waals surface area contributed by atoms with E-state index in [1.54, 1.807) is 11.3 Å². The third-order valence-electron chi connectivity index (χ3n) is 6.19. The van der Waals surface area contributed by atoms with Crippen molar-refractivity contribution in [1.82, 2.24) is 14.8 Å². The van der Waals surface area contributed by atoms with Gasteiger partial charge in [0.2, 0.25) is 5.91 Å². The molecule has 0 bridgehead atoms. The van der Waals surface area contributed by atoms with Gasteiger partial charge in [0.05, 0.1) is 11.3 Å². The van der Waals surface area contributed by atoms with Crippen molar-refractivity contribution in [3.05, 3.63) is 51.7 Å². The first-order chi connectivity index (χ1) is 17.0. The third-order valence-corrected chi connectivity index (χ3v) is 8.36. The Morgan fingerprint density at radius 2 is 2.00 bits per heavy atom. The summed E-state index contributed by atoms with van der Waals surface area (Å²) in [5.74, 6) is 1.56. The Kier molecular flexibility index (Phi) is 8.47. The van der Waals surface area contributed by atoms with Crippen LogP contribution in [0.3, 0.4) is 0 Å². The first-order valence-electron chi connectivity index (χ1n) is 12.2. The number of carbonyl (C=O) groups excluding carboxylic acids is 1. The lowest BCUT2D eigenvalue weighted by Crippen LogP contribution is -2.15. The molecule has 1 aliphatic carbocycles. The number of thiophene rings is 1. The predicted octanol–water partition coefficient (Wildman–Crippen LogP) is 5.93. The smallest absolute Gasteiger partial charge is 0.235 e. The first kappa shape index (κ1) is 25.3. The zero-order chi connectivity index (χ0) is 24.8. The third kappa shape index (κ3) is 5.88. The minimum Gasteiger partial charge on any atom is -0.483 e. The zero-order valence-corrected chi connectivity index (χ0v) is 22.1. The van der Waals surface area contributed by atoms with E-state index < -0.39 is 0 Å². The van der Waals surface area contributed by atoms with Gasteiger partial charge in [-0.05, 0) is 69.2 Å². The summed E-state index contributed by atoms with van der Waals surface area (Å²) in [5, 5.41) is 22.7. The van der Waals surface area contributed by atoms with Gasteiger partial charge in [0.1, 0.15) is 16.8 Å². The molecule has 0 aliphatic heterocycles. The van der Waals surface area contributed by atoms with Crippen LogP contribution in [0.25, 0.3) is 0 Å². The van der Waals surface area contributed by atoms with Crippen molar-refractivity contribution < 1.29 is 9.53 Å². The van der Waals surface area contributed by atoms with E-state index >= 15 is 0 Å². The van der Waals surface area contributed by atoms with Crippen molar-refractivity contribution in [1.29, 1.82) is 5.26 Å². The van der Waals surface area contributed by atoms with Crippen LogP contribution in [0.15, 0.2) is 29.4 Å². The molecule has 1 aliphatic rings. The number of hydrogen-bond acceptors (Lipinski definition) is 7. The molecule has 184 valence electrons. The molecular weight excluding hydrogens is 478 g/mol. The average molecular weight is 510 g/mol. The van der Waals surface area contributed by atoms with Gasteiger partial charge >= 0.3 is 0 Å². The molecule has 4 rings (SSSR count). The fourth-order valence-electron chi connectivity index (χ4n) is 4.31. The van der Waals surface area contributed by atoms with Crippen LogP contribution in [0.5, 0.6) is 5.75 Å². The number of benzene rings is 1. The second kappa shape index (κ2) is 11.7. The number of carbonyl (C=O) groups is 1. The van der Waals surface area contributed by atoms with Gasteiger partial charge in [0.15, 0.2) is 17.1 Å². The molecule has 0 saturated carbocycles. The maximum atomic E-state index is 12.8. The lowest BCUT2D eigenvalue weighted by atomic mass is 10.1. The molecule has 1 N–H and O–H groups in total. The monoisotopic (exact) mass is 509 g/mol. The molecule has 0 saturated heterocycles. The molecule has 0 radical (unpaired) electrons. The van der Waals surface area contributed by atoms with Gasteiger partial charge in [-0.3, -0.25) is 4.79 Å².